The first-order valence-electron chi connectivity index (χ1n) is 7.05. The Morgan fingerprint density at radius 1 is 1.26 bits per heavy atom. The molecule has 0 aromatic heterocycles. The smallest absolute Gasteiger partial charge is 0.0642 e. The second-order valence-corrected chi connectivity index (χ2v) is 5.37. The van der Waals surface area contributed by atoms with Crippen molar-refractivity contribution in [2.45, 2.75) is 25.8 Å². The topological polar surface area (TPSA) is 24.5 Å². The van der Waals surface area contributed by atoms with E-state index in [0.29, 0.717) is 0 Å². The van der Waals surface area contributed by atoms with Gasteiger partial charge in [-0.25, -0.2) is 0 Å². The molecule has 4 heteroatoms. The van der Waals surface area contributed by atoms with E-state index in [1.54, 1.807) is 7.11 Å². The van der Waals surface area contributed by atoms with Crippen molar-refractivity contribution in [3.05, 3.63) is 28.8 Å². The van der Waals surface area contributed by atoms with Crippen LogP contribution in [-0.2, 0) is 11.3 Å². The second-order valence-electron chi connectivity index (χ2n) is 4.96. The molecule has 1 fully saturated rings. The summed E-state index contributed by atoms with van der Waals surface area (Å²) in [4.78, 5) is 2.43. The normalized spacial score (nSPS) is 15.8. The zero-order chi connectivity index (χ0) is 13.5. The van der Waals surface area contributed by atoms with Gasteiger partial charge in [0.2, 0.25) is 0 Å². The highest BCUT2D eigenvalue weighted by molar-refractivity contribution is 6.33. The lowest BCUT2D eigenvalue weighted by Gasteiger charge is -2.31. The molecule has 1 aromatic carbocycles. The van der Waals surface area contributed by atoms with E-state index >= 15 is 0 Å². The van der Waals surface area contributed by atoms with Crippen LogP contribution in [0.2, 0.25) is 5.02 Å². The molecule has 0 aliphatic carbocycles. The SMILES string of the molecule is COCCNCc1cccc(Cl)c1N1CCCCC1. The Hall–Kier alpha value is -0.770. The molecule has 19 heavy (non-hydrogen) atoms. The molecule has 0 saturated carbocycles. The monoisotopic (exact) mass is 282 g/mol. The highest BCUT2D eigenvalue weighted by Crippen LogP contribution is 2.31. The van der Waals surface area contributed by atoms with Gasteiger partial charge in [-0.15, -0.1) is 0 Å². The Balaban J connectivity index is 2.06. The van der Waals surface area contributed by atoms with Crippen molar-refractivity contribution in [2.75, 3.05) is 38.3 Å². The van der Waals surface area contributed by atoms with Gasteiger partial charge in [-0.3, -0.25) is 0 Å². The molecule has 0 radical (unpaired) electrons. The number of benzene rings is 1. The lowest BCUT2D eigenvalue weighted by molar-refractivity contribution is 0.199. The maximum atomic E-state index is 6.41. The second kappa shape index (κ2) is 7.73. The number of anilines is 1. The number of hydrogen-bond acceptors (Lipinski definition) is 3. The number of ether oxygens (including phenoxy) is 1. The van der Waals surface area contributed by atoms with E-state index in [1.165, 1.54) is 30.5 Å². The summed E-state index contributed by atoms with van der Waals surface area (Å²) in [5.41, 5.74) is 2.50. The number of rotatable bonds is 6. The van der Waals surface area contributed by atoms with Crippen LogP contribution in [0, 0.1) is 0 Å². The molecule has 2 rings (SSSR count). The van der Waals surface area contributed by atoms with Crippen molar-refractivity contribution < 1.29 is 4.74 Å². The number of halogens is 1. The molecular weight excluding hydrogens is 260 g/mol. The highest BCUT2D eigenvalue weighted by Gasteiger charge is 2.16. The van der Waals surface area contributed by atoms with Gasteiger partial charge in [0.25, 0.3) is 0 Å². The van der Waals surface area contributed by atoms with Crippen molar-refractivity contribution in [3.63, 3.8) is 0 Å². The first kappa shape index (κ1) is 14.6. The number of hydrogen-bond donors (Lipinski definition) is 1. The van der Waals surface area contributed by atoms with Crippen molar-refractivity contribution in [2.24, 2.45) is 0 Å². The molecule has 1 heterocycles. The van der Waals surface area contributed by atoms with Gasteiger partial charge in [-0.05, 0) is 30.9 Å². The quantitative estimate of drug-likeness (QED) is 0.812. The number of nitrogens with one attached hydrogen (secondary N) is 1. The molecule has 0 bridgehead atoms. The Kier molecular flexibility index (Phi) is 5.95. The fourth-order valence-electron chi connectivity index (χ4n) is 2.57. The Morgan fingerprint density at radius 2 is 2.05 bits per heavy atom. The molecule has 1 aliphatic heterocycles. The number of nitrogens with zero attached hydrogens (tertiary/aromatic N) is 1. The van der Waals surface area contributed by atoms with Gasteiger partial charge < -0.3 is 15.0 Å². The maximum Gasteiger partial charge on any atom is 0.0642 e. The average Bonchev–Trinajstić information content (AvgIpc) is 2.45. The number of piperidine rings is 1. The van der Waals surface area contributed by atoms with Crippen LogP contribution < -0.4 is 10.2 Å². The highest BCUT2D eigenvalue weighted by atomic mass is 35.5. The summed E-state index contributed by atoms with van der Waals surface area (Å²) >= 11 is 6.41. The van der Waals surface area contributed by atoms with Crippen molar-refractivity contribution in [3.8, 4) is 0 Å². The van der Waals surface area contributed by atoms with E-state index in [4.69, 9.17) is 16.3 Å². The van der Waals surface area contributed by atoms with E-state index in [1.807, 2.05) is 12.1 Å². The summed E-state index contributed by atoms with van der Waals surface area (Å²) in [6, 6.07) is 6.18. The molecule has 1 N–H and O–H groups in total. The van der Waals surface area contributed by atoms with Crippen LogP contribution in [0.5, 0.6) is 0 Å². The van der Waals surface area contributed by atoms with Gasteiger partial charge in [0.15, 0.2) is 0 Å². The molecule has 0 spiro atoms. The zero-order valence-electron chi connectivity index (χ0n) is 11.6. The van der Waals surface area contributed by atoms with Crippen LogP contribution in [0.25, 0.3) is 0 Å². The molecule has 1 saturated heterocycles. The zero-order valence-corrected chi connectivity index (χ0v) is 12.4. The summed E-state index contributed by atoms with van der Waals surface area (Å²) in [5.74, 6) is 0. The third-order valence-corrected chi connectivity index (χ3v) is 3.85. The van der Waals surface area contributed by atoms with Gasteiger partial charge in [0.1, 0.15) is 0 Å². The summed E-state index contributed by atoms with van der Waals surface area (Å²) in [5, 5.41) is 4.27. The van der Waals surface area contributed by atoms with Gasteiger partial charge in [0, 0.05) is 33.3 Å². The van der Waals surface area contributed by atoms with Crippen LogP contribution in [0.3, 0.4) is 0 Å². The predicted molar refractivity (Wildman–Crippen MR) is 81.1 cm³/mol. The van der Waals surface area contributed by atoms with E-state index in [2.05, 4.69) is 16.3 Å². The Bertz CT molecular complexity index is 392. The number of para-hydroxylation sites is 1. The minimum Gasteiger partial charge on any atom is -0.383 e. The van der Waals surface area contributed by atoms with E-state index in [-0.39, 0.29) is 0 Å². The Morgan fingerprint density at radius 3 is 2.79 bits per heavy atom. The Labute approximate surface area is 120 Å². The molecule has 3 nitrogen and oxygen atoms in total. The van der Waals surface area contributed by atoms with Crippen LogP contribution in [0.4, 0.5) is 5.69 Å². The summed E-state index contributed by atoms with van der Waals surface area (Å²) < 4.78 is 5.05. The molecule has 0 atom stereocenters. The molecular formula is C15H23ClN2O. The van der Waals surface area contributed by atoms with E-state index in [9.17, 15) is 0 Å². The molecule has 1 aliphatic rings. The molecule has 0 unspecified atom stereocenters. The molecule has 1 aromatic rings. The lowest BCUT2D eigenvalue weighted by atomic mass is 10.1. The minimum absolute atomic E-state index is 0.736. The largest absolute Gasteiger partial charge is 0.383 e. The third kappa shape index (κ3) is 4.10. The fourth-order valence-corrected chi connectivity index (χ4v) is 2.89. The minimum atomic E-state index is 0.736. The van der Waals surface area contributed by atoms with Crippen molar-refractivity contribution in [1.82, 2.24) is 5.32 Å². The first-order valence-corrected chi connectivity index (χ1v) is 7.42. The van der Waals surface area contributed by atoms with Crippen molar-refractivity contribution >= 4 is 17.3 Å². The fraction of sp³-hybridized carbons (Fsp3) is 0.600. The maximum absolute atomic E-state index is 6.41. The third-order valence-electron chi connectivity index (χ3n) is 3.54. The van der Waals surface area contributed by atoms with Crippen LogP contribution in [-0.4, -0.2) is 33.4 Å². The van der Waals surface area contributed by atoms with Crippen molar-refractivity contribution in [1.29, 1.82) is 0 Å². The van der Waals surface area contributed by atoms with Gasteiger partial charge in [-0.2, -0.15) is 0 Å². The molecule has 106 valence electrons. The first-order chi connectivity index (χ1) is 9.33. The van der Waals surface area contributed by atoms with Crippen LogP contribution in [0.15, 0.2) is 18.2 Å². The predicted octanol–water partition coefficient (Wildman–Crippen LogP) is 3.07. The van der Waals surface area contributed by atoms with Gasteiger partial charge >= 0.3 is 0 Å². The average molecular weight is 283 g/mol. The van der Waals surface area contributed by atoms with E-state index in [0.717, 1.165) is 37.8 Å². The van der Waals surface area contributed by atoms with Crippen LogP contribution in [0.1, 0.15) is 24.8 Å². The van der Waals surface area contributed by atoms with E-state index < -0.39 is 0 Å². The van der Waals surface area contributed by atoms with Gasteiger partial charge in [0.05, 0.1) is 17.3 Å². The van der Waals surface area contributed by atoms with Crippen LogP contribution >= 0.6 is 11.6 Å². The summed E-state index contributed by atoms with van der Waals surface area (Å²) in [6.07, 6.45) is 3.87. The molecule has 0 amide bonds. The summed E-state index contributed by atoms with van der Waals surface area (Å²) in [6.45, 7) is 4.68. The van der Waals surface area contributed by atoms with Gasteiger partial charge in [-0.1, -0.05) is 23.7 Å². The standard InChI is InChI=1S/C15H23ClN2O/c1-19-11-8-17-12-13-6-5-7-14(16)15(13)18-9-3-2-4-10-18/h5-7,17H,2-4,8-12H2,1H3. The lowest BCUT2D eigenvalue weighted by Crippen LogP contribution is -2.31. The summed E-state index contributed by atoms with van der Waals surface area (Å²) in [7, 11) is 1.72. The number of methoxy groups -OCH3 is 1.